The molecule has 3 heterocycles. The van der Waals surface area contributed by atoms with E-state index in [1.54, 1.807) is 11.3 Å². The number of carbonyl (C=O) groups is 1. The molecule has 0 saturated carbocycles. The van der Waals surface area contributed by atoms with Crippen molar-refractivity contribution in [3.05, 3.63) is 53.3 Å². The Kier molecular flexibility index (Phi) is 5.17. The van der Waals surface area contributed by atoms with Crippen LogP contribution in [0.4, 0.5) is 10.8 Å². The summed E-state index contributed by atoms with van der Waals surface area (Å²) in [6, 6.07) is 12.1. The molecule has 1 aromatic carbocycles. The molecule has 0 bridgehead atoms. The summed E-state index contributed by atoms with van der Waals surface area (Å²) in [5.41, 5.74) is 4.26. The summed E-state index contributed by atoms with van der Waals surface area (Å²) in [6.07, 6.45) is 1.87. The van der Waals surface area contributed by atoms with Gasteiger partial charge in [0.15, 0.2) is 0 Å². The van der Waals surface area contributed by atoms with Crippen molar-refractivity contribution in [1.29, 1.82) is 0 Å². The largest absolute Gasteiger partial charge is 0.346 e. The van der Waals surface area contributed by atoms with E-state index in [4.69, 9.17) is 0 Å². The first-order chi connectivity index (χ1) is 13.5. The molecule has 0 spiro atoms. The minimum Gasteiger partial charge on any atom is -0.346 e. The Morgan fingerprint density at radius 3 is 2.54 bits per heavy atom. The molecule has 1 aliphatic heterocycles. The first kappa shape index (κ1) is 18.7. The van der Waals surface area contributed by atoms with Gasteiger partial charge in [-0.25, -0.2) is 0 Å². The van der Waals surface area contributed by atoms with E-state index in [-0.39, 0.29) is 11.8 Å². The Morgan fingerprint density at radius 2 is 1.79 bits per heavy atom. The van der Waals surface area contributed by atoms with Gasteiger partial charge in [0.25, 0.3) is 0 Å². The molecule has 146 valence electrons. The van der Waals surface area contributed by atoms with E-state index in [1.165, 1.54) is 0 Å². The van der Waals surface area contributed by atoms with Crippen molar-refractivity contribution in [2.24, 2.45) is 5.92 Å². The lowest BCUT2D eigenvalue weighted by molar-refractivity contribution is -0.120. The molecule has 2 aromatic heterocycles. The fourth-order valence-corrected chi connectivity index (χ4v) is 4.71. The maximum atomic E-state index is 12.8. The molecule has 4 rings (SSSR count). The molecule has 6 nitrogen and oxygen atoms in total. The normalized spacial score (nSPS) is 17.0. The van der Waals surface area contributed by atoms with Crippen LogP contribution in [0.5, 0.6) is 0 Å². The third-order valence-electron chi connectivity index (χ3n) is 5.33. The minimum atomic E-state index is -0.0456. The highest BCUT2D eigenvalue weighted by molar-refractivity contribution is 7.17. The number of hydrogen-bond donors (Lipinski definition) is 1. The first-order valence-electron chi connectivity index (χ1n) is 9.63. The van der Waals surface area contributed by atoms with Crippen LogP contribution in [0.3, 0.4) is 0 Å². The van der Waals surface area contributed by atoms with Gasteiger partial charge in [0, 0.05) is 30.2 Å². The highest BCUT2D eigenvalue weighted by Crippen LogP contribution is 2.29. The number of hydrogen-bond acceptors (Lipinski definition) is 5. The molecule has 7 heteroatoms. The summed E-state index contributed by atoms with van der Waals surface area (Å²) >= 11 is 1.58. The fourth-order valence-electron chi connectivity index (χ4n) is 3.71. The number of nitrogens with zero attached hydrogens (tertiary/aromatic N) is 4. The molecular weight excluding hydrogens is 370 g/mol. The van der Waals surface area contributed by atoms with E-state index >= 15 is 0 Å². The van der Waals surface area contributed by atoms with Crippen molar-refractivity contribution in [1.82, 2.24) is 14.8 Å². The van der Waals surface area contributed by atoms with E-state index in [9.17, 15) is 4.79 Å². The monoisotopic (exact) mass is 395 g/mol. The van der Waals surface area contributed by atoms with Gasteiger partial charge in [-0.15, -0.1) is 10.2 Å². The number of amides is 1. The Labute approximate surface area is 169 Å². The maximum absolute atomic E-state index is 12.8. The second kappa shape index (κ2) is 7.75. The molecule has 1 aliphatic rings. The molecule has 1 amide bonds. The van der Waals surface area contributed by atoms with Crippen molar-refractivity contribution in [2.75, 3.05) is 23.3 Å². The zero-order valence-electron chi connectivity index (χ0n) is 16.5. The van der Waals surface area contributed by atoms with Crippen LogP contribution in [0.2, 0.25) is 0 Å². The van der Waals surface area contributed by atoms with Crippen LogP contribution in [-0.2, 0) is 4.79 Å². The van der Waals surface area contributed by atoms with Crippen LogP contribution in [0.15, 0.2) is 36.4 Å². The van der Waals surface area contributed by atoms with E-state index < -0.39 is 0 Å². The minimum absolute atomic E-state index is 0.0456. The van der Waals surface area contributed by atoms with Gasteiger partial charge in [0.2, 0.25) is 16.2 Å². The number of carbonyl (C=O) groups excluding carboxylic acids is 1. The van der Waals surface area contributed by atoms with Crippen LogP contribution in [0.25, 0.3) is 5.13 Å². The van der Waals surface area contributed by atoms with Gasteiger partial charge < -0.3 is 10.2 Å². The molecule has 28 heavy (non-hydrogen) atoms. The molecule has 1 atom stereocenters. The summed E-state index contributed by atoms with van der Waals surface area (Å²) in [5, 5.41) is 13.7. The van der Waals surface area contributed by atoms with E-state index in [0.29, 0.717) is 6.54 Å². The molecule has 0 aliphatic carbocycles. The Hall–Kier alpha value is -2.67. The summed E-state index contributed by atoms with van der Waals surface area (Å²) in [6.45, 7) is 7.74. The number of piperidine rings is 1. The van der Waals surface area contributed by atoms with E-state index in [2.05, 4.69) is 51.0 Å². The van der Waals surface area contributed by atoms with Crippen LogP contribution in [-0.4, -0.2) is 33.8 Å². The lowest BCUT2D eigenvalue weighted by Crippen LogP contribution is -2.40. The zero-order valence-corrected chi connectivity index (χ0v) is 17.3. The van der Waals surface area contributed by atoms with Crippen LogP contribution >= 0.6 is 11.3 Å². The van der Waals surface area contributed by atoms with E-state index in [0.717, 1.165) is 52.3 Å². The van der Waals surface area contributed by atoms with Gasteiger partial charge in [-0.2, -0.15) is 0 Å². The number of para-hydroxylation sites is 1. The predicted molar refractivity (Wildman–Crippen MR) is 113 cm³/mol. The van der Waals surface area contributed by atoms with Gasteiger partial charge in [-0.05, 0) is 57.4 Å². The molecule has 1 fully saturated rings. The number of rotatable bonds is 4. The summed E-state index contributed by atoms with van der Waals surface area (Å²) in [7, 11) is 0. The predicted octanol–water partition coefficient (Wildman–Crippen LogP) is 4.11. The second-order valence-electron chi connectivity index (χ2n) is 7.41. The highest BCUT2D eigenvalue weighted by atomic mass is 32.1. The highest BCUT2D eigenvalue weighted by Gasteiger charge is 2.28. The van der Waals surface area contributed by atoms with Gasteiger partial charge in [-0.1, -0.05) is 29.5 Å². The zero-order chi connectivity index (χ0) is 19.7. The van der Waals surface area contributed by atoms with Crippen molar-refractivity contribution >= 4 is 28.1 Å². The SMILES string of the molecule is Cc1ccccc1NC(=O)[C@@H]1CCCN(c2nnc(-n3c(C)ccc3C)s2)C1. The van der Waals surface area contributed by atoms with Crippen molar-refractivity contribution < 1.29 is 4.79 Å². The Bertz CT molecular complexity index is 973. The Balaban J connectivity index is 1.47. The smallest absolute Gasteiger partial charge is 0.229 e. The Morgan fingerprint density at radius 1 is 1.07 bits per heavy atom. The van der Waals surface area contributed by atoms with Crippen molar-refractivity contribution in [3.8, 4) is 5.13 Å². The second-order valence-corrected chi connectivity index (χ2v) is 8.34. The molecule has 0 unspecified atom stereocenters. The number of nitrogens with one attached hydrogen (secondary N) is 1. The lowest BCUT2D eigenvalue weighted by Gasteiger charge is -2.31. The number of anilines is 2. The molecule has 3 aromatic rings. The topological polar surface area (TPSA) is 63.1 Å². The van der Waals surface area contributed by atoms with Crippen LogP contribution in [0, 0.1) is 26.7 Å². The standard InChI is InChI=1S/C21H25N5OS/c1-14-7-4-5-9-18(14)22-19(27)17-8-6-12-25(13-17)20-23-24-21(28-20)26-15(2)10-11-16(26)3/h4-5,7,9-11,17H,6,8,12-13H2,1-3H3,(H,22,27)/t17-/m1/s1. The summed E-state index contributed by atoms with van der Waals surface area (Å²) in [4.78, 5) is 15.0. The maximum Gasteiger partial charge on any atom is 0.229 e. The molecule has 0 radical (unpaired) electrons. The third-order valence-corrected chi connectivity index (χ3v) is 6.30. The van der Waals surface area contributed by atoms with Gasteiger partial charge in [-0.3, -0.25) is 9.36 Å². The van der Waals surface area contributed by atoms with Crippen LogP contribution < -0.4 is 10.2 Å². The number of aryl methyl sites for hydroxylation is 3. The average molecular weight is 396 g/mol. The lowest BCUT2D eigenvalue weighted by atomic mass is 9.97. The average Bonchev–Trinajstić information content (AvgIpc) is 3.30. The number of aromatic nitrogens is 3. The van der Waals surface area contributed by atoms with Gasteiger partial charge in [0.1, 0.15) is 0 Å². The van der Waals surface area contributed by atoms with Crippen molar-refractivity contribution in [3.63, 3.8) is 0 Å². The quantitative estimate of drug-likeness (QED) is 0.722. The third kappa shape index (κ3) is 3.67. The fraction of sp³-hybridized carbons (Fsp3) is 0.381. The van der Waals surface area contributed by atoms with E-state index in [1.807, 2.05) is 31.2 Å². The van der Waals surface area contributed by atoms with Crippen molar-refractivity contribution in [2.45, 2.75) is 33.6 Å². The van der Waals surface area contributed by atoms with Gasteiger partial charge >= 0.3 is 0 Å². The molecule has 1 N–H and O–H groups in total. The number of benzene rings is 1. The molecule has 1 saturated heterocycles. The van der Waals surface area contributed by atoms with Crippen LogP contribution in [0.1, 0.15) is 29.8 Å². The summed E-state index contributed by atoms with van der Waals surface area (Å²) < 4.78 is 2.12. The van der Waals surface area contributed by atoms with Gasteiger partial charge in [0.05, 0.1) is 5.92 Å². The summed E-state index contributed by atoms with van der Waals surface area (Å²) in [5.74, 6) is 0.0385. The first-order valence-corrected chi connectivity index (χ1v) is 10.4. The molecular formula is C21H25N5OS.